The number of hydrogen-bond acceptors (Lipinski definition) is 6. The molecule has 1 N–H and O–H groups in total. The van der Waals surface area contributed by atoms with Crippen LogP contribution in [0.25, 0.3) is 0 Å². The number of ether oxygens (including phenoxy) is 2. The Morgan fingerprint density at radius 2 is 2.06 bits per heavy atom. The molecule has 0 radical (unpaired) electrons. The van der Waals surface area contributed by atoms with Crippen LogP contribution >= 0.6 is 0 Å². The number of carbonyl (C=O) groups is 3. The van der Waals surface area contributed by atoms with Crippen LogP contribution in [0.2, 0.25) is 0 Å². The molecule has 1 saturated carbocycles. The Morgan fingerprint density at radius 1 is 1.29 bits per heavy atom. The quantitative estimate of drug-likeness (QED) is 0.463. The summed E-state index contributed by atoms with van der Waals surface area (Å²) < 4.78 is 9.33. The van der Waals surface area contributed by atoms with Gasteiger partial charge in [-0.25, -0.2) is 0 Å². The predicted octanol–water partition coefficient (Wildman–Crippen LogP) is -0.262. The molecular formula is C11H12O6. The Morgan fingerprint density at radius 3 is 2.71 bits per heavy atom. The summed E-state index contributed by atoms with van der Waals surface area (Å²) in [6.45, 7) is 0. The van der Waals surface area contributed by atoms with Crippen molar-refractivity contribution >= 4 is 17.9 Å². The number of fused-ring (bicyclic) bond motifs is 1. The summed E-state index contributed by atoms with van der Waals surface area (Å²) in [5, 5.41) is 9.61. The highest BCUT2D eigenvalue weighted by Gasteiger charge is 2.58. The van der Waals surface area contributed by atoms with Crippen LogP contribution in [-0.2, 0) is 23.9 Å². The van der Waals surface area contributed by atoms with Crippen molar-refractivity contribution in [3.05, 3.63) is 0 Å². The zero-order chi connectivity index (χ0) is 12.2. The van der Waals surface area contributed by atoms with E-state index in [-0.39, 0.29) is 18.8 Å². The maximum atomic E-state index is 11.7. The second-order valence-electron chi connectivity index (χ2n) is 5.06. The minimum absolute atomic E-state index is 0.0516. The van der Waals surface area contributed by atoms with Crippen LogP contribution < -0.4 is 0 Å². The van der Waals surface area contributed by atoms with E-state index < -0.39 is 35.5 Å². The lowest BCUT2D eigenvalue weighted by Crippen LogP contribution is -2.39. The Hall–Kier alpha value is -1.43. The first-order valence-corrected chi connectivity index (χ1v) is 5.65. The van der Waals surface area contributed by atoms with Crippen molar-refractivity contribution in [1.29, 1.82) is 0 Å². The molecule has 6 heteroatoms. The van der Waals surface area contributed by atoms with Crippen molar-refractivity contribution in [3.63, 3.8) is 0 Å². The summed E-state index contributed by atoms with van der Waals surface area (Å²) >= 11 is 0. The number of rotatable bonds is 0. The zero-order valence-electron chi connectivity index (χ0n) is 9.05. The van der Waals surface area contributed by atoms with E-state index >= 15 is 0 Å². The van der Waals surface area contributed by atoms with E-state index in [1.165, 1.54) is 0 Å². The molecule has 0 bridgehead atoms. The van der Waals surface area contributed by atoms with Gasteiger partial charge in [0.15, 0.2) is 0 Å². The molecule has 4 atom stereocenters. The zero-order valence-corrected chi connectivity index (χ0v) is 9.05. The van der Waals surface area contributed by atoms with Gasteiger partial charge in [-0.05, 0) is 19.3 Å². The molecule has 3 fully saturated rings. The normalized spacial score (nSPS) is 44.8. The van der Waals surface area contributed by atoms with Crippen molar-refractivity contribution in [2.24, 2.45) is 17.3 Å². The topological polar surface area (TPSA) is 89.9 Å². The number of hydrogen-bond donors (Lipinski definition) is 1. The van der Waals surface area contributed by atoms with Gasteiger partial charge in [0.1, 0.15) is 0 Å². The lowest BCUT2D eigenvalue weighted by molar-refractivity contribution is -0.157. The van der Waals surface area contributed by atoms with Crippen molar-refractivity contribution in [2.45, 2.75) is 32.0 Å². The number of esters is 3. The van der Waals surface area contributed by atoms with Crippen LogP contribution in [-0.4, -0.2) is 29.3 Å². The fraction of sp³-hybridized carbons (Fsp3) is 0.727. The first kappa shape index (κ1) is 10.7. The molecule has 0 aromatic rings. The molecule has 1 aliphatic carbocycles. The van der Waals surface area contributed by atoms with Gasteiger partial charge in [-0.2, -0.15) is 0 Å². The molecule has 1 spiro atoms. The van der Waals surface area contributed by atoms with Crippen molar-refractivity contribution < 1.29 is 29.0 Å². The average Bonchev–Trinajstić information content (AvgIpc) is 2.67. The number of cyclic esters (lactones) is 3. The van der Waals surface area contributed by atoms with E-state index in [2.05, 4.69) is 4.74 Å². The summed E-state index contributed by atoms with van der Waals surface area (Å²) in [5.74, 6) is -2.19. The van der Waals surface area contributed by atoms with Crippen LogP contribution in [0.3, 0.4) is 0 Å². The van der Waals surface area contributed by atoms with Gasteiger partial charge < -0.3 is 14.6 Å². The summed E-state index contributed by atoms with van der Waals surface area (Å²) in [4.78, 5) is 34.3. The lowest BCUT2D eigenvalue weighted by Gasteiger charge is -2.34. The second-order valence-corrected chi connectivity index (χ2v) is 5.06. The third-order valence-electron chi connectivity index (χ3n) is 4.11. The fourth-order valence-corrected chi connectivity index (χ4v) is 3.17. The molecule has 2 heterocycles. The van der Waals surface area contributed by atoms with Gasteiger partial charge in [0.05, 0.1) is 17.8 Å². The van der Waals surface area contributed by atoms with Crippen molar-refractivity contribution in [3.8, 4) is 0 Å². The summed E-state index contributed by atoms with van der Waals surface area (Å²) in [6, 6.07) is 0. The molecule has 6 nitrogen and oxygen atoms in total. The summed E-state index contributed by atoms with van der Waals surface area (Å²) in [5.41, 5.74) is -0.840. The maximum absolute atomic E-state index is 11.7. The molecule has 2 saturated heterocycles. The Labute approximate surface area is 96.9 Å². The van der Waals surface area contributed by atoms with E-state index in [0.717, 1.165) is 0 Å². The number of aliphatic hydroxyl groups is 1. The molecule has 0 aromatic carbocycles. The molecule has 2 aliphatic heterocycles. The van der Waals surface area contributed by atoms with Gasteiger partial charge >= 0.3 is 17.9 Å². The minimum atomic E-state index is -1.16. The van der Waals surface area contributed by atoms with Gasteiger partial charge in [-0.1, -0.05) is 0 Å². The van der Waals surface area contributed by atoms with Gasteiger partial charge in [-0.15, -0.1) is 0 Å². The van der Waals surface area contributed by atoms with Crippen LogP contribution in [0.1, 0.15) is 25.7 Å². The van der Waals surface area contributed by atoms with E-state index in [1.807, 2.05) is 0 Å². The highest BCUT2D eigenvalue weighted by Crippen LogP contribution is 2.51. The smallest absolute Gasteiger partial charge is 0.320 e. The third-order valence-corrected chi connectivity index (χ3v) is 4.11. The second kappa shape index (κ2) is 3.29. The lowest BCUT2D eigenvalue weighted by atomic mass is 9.65. The SMILES string of the molecule is O=C1CC2(CCC3C(=O)OC(O)C3C2)C(=O)O1. The van der Waals surface area contributed by atoms with Crippen LogP contribution in [0.5, 0.6) is 0 Å². The molecular weight excluding hydrogens is 228 g/mol. The first-order chi connectivity index (χ1) is 8.02. The monoisotopic (exact) mass is 240 g/mol. The highest BCUT2D eigenvalue weighted by atomic mass is 16.6. The van der Waals surface area contributed by atoms with Gasteiger partial charge in [-0.3, -0.25) is 14.4 Å². The molecule has 0 amide bonds. The molecule has 17 heavy (non-hydrogen) atoms. The van der Waals surface area contributed by atoms with Gasteiger partial charge in [0, 0.05) is 5.92 Å². The average molecular weight is 240 g/mol. The largest absolute Gasteiger partial charge is 0.435 e. The number of carbonyl (C=O) groups excluding carboxylic acids is 3. The molecule has 4 unspecified atom stereocenters. The van der Waals surface area contributed by atoms with Crippen molar-refractivity contribution in [1.82, 2.24) is 0 Å². The predicted molar refractivity (Wildman–Crippen MR) is 51.1 cm³/mol. The van der Waals surface area contributed by atoms with Crippen LogP contribution in [0.15, 0.2) is 0 Å². The first-order valence-electron chi connectivity index (χ1n) is 5.65. The highest BCUT2D eigenvalue weighted by molar-refractivity contribution is 5.97. The minimum Gasteiger partial charge on any atom is -0.435 e. The number of aliphatic hydroxyl groups excluding tert-OH is 1. The fourth-order valence-electron chi connectivity index (χ4n) is 3.17. The van der Waals surface area contributed by atoms with Crippen LogP contribution in [0, 0.1) is 17.3 Å². The molecule has 0 aromatic heterocycles. The van der Waals surface area contributed by atoms with Crippen molar-refractivity contribution in [2.75, 3.05) is 0 Å². The van der Waals surface area contributed by atoms with Gasteiger partial charge in [0.2, 0.25) is 6.29 Å². The van der Waals surface area contributed by atoms with E-state index in [4.69, 9.17) is 4.74 Å². The molecule has 92 valence electrons. The summed E-state index contributed by atoms with van der Waals surface area (Å²) in [6.07, 6.45) is 0.0856. The Kier molecular flexibility index (Phi) is 2.07. The van der Waals surface area contributed by atoms with Gasteiger partial charge in [0.25, 0.3) is 0 Å². The van der Waals surface area contributed by atoms with E-state index in [9.17, 15) is 19.5 Å². The van der Waals surface area contributed by atoms with E-state index in [0.29, 0.717) is 12.8 Å². The molecule has 3 rings (SSSR count). The Bertz CT molecular complexity index is 416. The van der Waals surface area contributed by atoms with Crippen LogP contribution in [0.4, 0.5) is 0 Å². The third kappa shape index (κ3) is 1.40. The summed E-state index contributed by atoms with van der Waals surface area (Å²) in [7, 11) is 0. The van der Waals surface area contributed by atoms with E-state index in [1.54, 1.807) is 0 Å². The maximum Gasteiger partial charge on any atom is 0.320 e. The molecule has 3 aliphatic rings. The Balaban J connectivity index is 1.87. The standard InChI is InChI=1S/C11H12O6/c12-7-4-11(10(15)16-7)2-1-5-6(3-11)9(14)17-8(5)13/h5-6,9,14H,1-4H2.